The van der Waals surface area contributed by atoms with E-state index in [1.165, 1.54) is 0 Å². The van der Waals surface area contributed by atoms with Gasteiger partial charge in [-0.15, -0.1) is 0 Å². The molecular formula is C15H22BrClFN. The van der Waals surface area contributed by atoms with Gasteiger partial charge in [0.25, 0.3) is 0 Å². The number of hydrogen-bond acceptors (Lipinski definition) is 1. The summed E-state index contributed by atoms with van der Waals surface area (Å²) in [6.45, 7) is 7.54. The fourth-order valence-corrected chi connectivity index (χ4v) is 2.56. The maximum atomic E-state index is 14.0. The van der Waals surface area contributed by atoms with Gasteiger partial charge in [-0.2, -0.15) is 0 Å². The van der Waals surface area contributed by atoms with E-state index in [4.69, 9.17) is 11.6 Å². The molecule has 108 valence electrons. The van der Waals surface area contributed by atoms with Crippen LogP contribution in [0.2, 0.25) is 5.02 Å². The molecule has 1 aromatic rings. The van der Waals surface area contributed by atoms with E-state index < -0.39 is 0 Å². The Morgan fingerprint density at radius 1 is 1.37 bits per heavy atom. The lowest BCUT2D eigenvalue weighted by Gasteiger charge is -2.22. The van der Waals surface area contributed by atoms with Gasteiger partial charge in [-0.1, -0.05) is 38.4 Å². The normalized spacial score (nSPS) is 13.0. The average molecular weight is 351 g/mol. The van der Waals surface area contributed by atoms with Crippen molar-refractivity contribution in [2.24, 2.45) is 5.92 Å². The summed E-state index contributed by atoms with van der Waals surface area (Å²) in [5.41, 5.74) is 0.692. The highest BCUT2D eigenvalue weighted by Gasteiger charge is 2.15. The first-order valence-electron chi connectivity index (χ1n) is 6.83. The van der Waals surface area contributed by atoms with Crippen LogP contribution in [0.15, 0.2) is 16.6 Å². The molecule has 1 rings (SSSR count). The second kappa shape index (κ2) is 8.23. The molecule has 0 aliphatic carbocycles. The molecule has 0 aliphatic heterocycles. The Morgan fingerprint density at radius 3 is 2.63 bits per heavy atom. The van der Waals surface area contributed by atoms with Crippen molar-refractivity contribution >= 4 is 27.5 Å². The van der Waals surface area contributed by atoms with Crippen LogP contribution in [-0.4, -0.2) is 12.6 Å². The average Bonchev–Trinajstić information content (AvgIpc) is 2.38. The molecule has 0 amide bonds. The van der Waals surface area contributed by atoms with Gasteiger partial charge in [0.15, 0.2) is 0 Å². The van der Waals surface area contributed by atoms with E-state index in [9.17, 15) is 4.39 Å². The summed E-state index contributed by atoms with van der Waals surface area (Å²) in [5, 5.41) is 3.70. The van der Waals surface area contributed by atoms with E-state index in [1.807, 2.05) is 12.1 Å². The summed E-state index contributed by atoms with van der Waals surface area (Å²) in [6.07, 6.45) is 2.74. The molecule has 1 unspecified atom stereocenters. The van der Waals surface area contributed by atoms with E-state index in [0.717, 1.165) is 19.4 Å². The summed E-state index contributed by atoms with van der Waals surface area (Å²) in [5.74, 6) is 0.245. The quantitative estimate of drug-likeness (QED) is 0.667. The summed E-state index contributed by atoms with van der Waals surface area (Å²) in [4.78, 5) is 0. The minimum absolute atomic E-state index is 0.181. The lowest BCUT2D eigenvalue weighted by atomic mass is 9.96. The van der Waals surface area contributed by atoms with Gasteiger partial charge in [0.05, 0.1) is 5.02 Å². The largest absolute Gasteiger partial charge is 0.314 e. The topological polar surface area (TPSA) is 12.0 Å². The molecule has 0 saturated heterocycles. The molecule has 0 heterocycles. The third-order valence-corrected chi connectivity index (χ3v) is 4.56. The molecule has 0 aliphatic rings. The predicted molar refractivity (Wildman–Crippen MR) is 84.4 cm³/mol. The molecule has 1 nitrogen and oxygen atoms in total. The number of aryl methyl sites for hydroxylation is 1. The van der Waals surface area contributed by atoms with Gasteiger partial charge >= 0.3 is 0 Å². The van der Waals surface area contributed by atoms with Crippen molar-refractivity contribution in [3.05, 3.63) is 33.0 Å². The van der Waals surface area contributed by atoms with Gasteiger partial charge in [-0.05, 0) is 59.3 Å². The zero-order valence-electron chi connectivity index (χ0n) is 11.8. The van der Waals surface area contributed by atoms with Gasteiger partial charge in [0.1, 0.15) is 5.82 Å². The molecule has 0 saturated carbocycles. The molecule has 0 radical (unpaired) electrons. The number of nitrogens with one attached hydrogen (secondary N) is 1. The third-order valence-electron chi connectivity index (χ3n) is 3.30. The molecule has 4 heteroatoms. The van der Waals surface area contributed by atoms with E-state index >= 15 is 0 Å². The lowest BCUT2D eigenvalue weighted by molar-refractivity contribution is 0.376. The van der Waals surface area contributed by atoms with Crippen LogP contribution in [0.5, 0.6) is 0 Å². The van der Waals surface area contributed by atoms with Gasteiger partial charge in [0.2, 0.25) is 0 Å². The van der Waals surface area contributed by atoms with Crippen LogP contribution in [0.1, 0.15) is 39.2 Å². The van der Waals surface area contributed by atoms with Crippen molar-refractivity contribution < 1.29 is 4.39 Å². The van der Waals surface area contributed by atoms with Crippen LogP contribution >= 0.6 is 27.5 Å². The van der Waals surface area contributed by atoms with Gasteiger partial charge in [-0.3, -0.25) is 0 Å². The Bertz CT molecular complexity index is 409. The lowest BCUT2D eigenvalue weighted by Crippen LogP contribution is -2.34. The van der Waals surface area contributed by atoms with Crippen LogP contribution in [0, 0.1) is 11.7 Å². The van der Waals surface area contributed by atoms with E-state index in [2.05, 4.69) is 42.0 Å². The van der Waals surface area contributed by atoms with Crippen LogP contribution in [0.25, 0.3) is 0 Å². The highest BCUT2D eigenvalue weighted by molar-refractivity contribution is 9.10. The summed E-state index contributed by atoms with van der Waals surface area (Å²) in [7, 11) is 0. The molecule has 1 atom stereocenters. The maximum absolute atomic E-state index is 14.0. The SMILES string of the molecule is CCCNC(CCc1ccc(Br)c(Cl)c1F)C(C)C. The van der Waals surface area contributed by atoms with Crippen molar-refractivity contribution in [3.63, 3.8) is 0 Å². The summed E-state index contributed by atoms with van der Waals surface area (Å²) in [6, 6.07) is 4.04. The third kappa shape index (κ3) is 5.05. The fourth-order valence-electron chi connectivity index (χ4n) is 2.07. The predicted octanol–water partition coefficient (Wildman–Crippen LogP) is 5.20. The first-order chi connectivity index (χ1) is 8.97. The highest BCUT2D eigenvalue weighted by Crippen LogP contribution is 2.28. The number of benzene rings is 1. The number of hydrogen-bond donors (Lipinski definition) is 1. The van der Waals surface area contributed by atoms with Gasteiger partial charge < -0.3 is 5.32 Å². The molecule has 1 aromatic carbocycles. The van der Waals surface area contributed by atoms with E-state index in [-0.39, 0.29) is 10.8 Å². The smallest absolute Gasteiger partial charge is 0.146 e. The van der Waals surface area contributed by atoms with Gasteiger partial charge in [-0.25, -0.2) is 4.39 Å². The van der Waals surface area contributed by atoms with Crippen LogP contribution in [-0.2, 0) is 6.42 Å². The van der Waals surface area contributed by atoms with Crippen molar-refractivity contribution in [3.8, 4) is 0 Å². The zero-order chi connectivity index (χ0) is 14.4. The number of rotatable bonds is 7. The standard InChI is InChI=1S/C15H22BrClFN/c1-4-9-19-13(10(2)3)8-6-11-5-7-12(16)14(17)15(11)18/h5,7,10,13,19H,4,6,8-9H2,1-3H3. The highest BCUT2D eigenvalue weighted by atomic mass is 79.9. The second-order valence-corrected chi connectivity index (χ2v) is 6.41. The molecular weight excluding hydrogens is 329 g/mol. The minimum atomic E-state index is -0.297. The van der Waals surface area contributed by atoms with Crippen LogP contribution < -0.4 is 5.32 Å². The van der Waals surface area contributed by atoms with Crippen molar-refractivity contribution in [1.82, 2.24) is 5.32 Å². The van der Waals surface area contributed by atoms with Crippen LogP contribution in [0.4, 0.5) is 4.39 Å². The van der Waals surface area contributed by atoms with E-state index in [0.29, 0.717) is 28.4 Å². The fraction of sp³-hybridized carbons (Fsp3) is 0.600. The Balaban J connectivity index is 2.66. The molecule has 0 bridgehead atoms. The zero-order valence-corrected chi connectivity index (χ0v) is 14.1. The Hall–Kier alpha value is -0.120. The van der Waals surface area contributed by atoms with Crippen molar-refractivity contribution in [2.75, 3.05) is 6.54 Å². The van der Waals surface area contributed by atoms with Crippen LogP contribution in [0.3, 0.4) is 0 Å². The Morgan fingerprint density at radius 2 is 2.05 bits per heavy atom. The van der Waals surface area contributed by atoms with Crippen molar-refractivity contribution in [2.45, 2.75) is 46.1 Å². The Kier molecular flexibility index (Phi) is 7.33. The molecule has 1 N–H and O–H groups in total. The molecule has 0 spiro atoms. The summed E-state index contributed by atoms with van der Waals surface area (Å²) >= 11 is 9.14. The molecule has 0 fully saturated rings. The van der Waals surface area contributed by atoms with Crippen molar-refractivity contribution in [1.29, 1.82) is 0 Å². The molecule has 19 heavy (non-hydrogen) atoms. The molecule has 0 aromatic heterocycles. The van der Waals surface area contributed by atoms with Gasteiger partial charge in [0, 0.05) is 10.5 Å². The first kappa shape index (κ1) is 16.9. The monoisotopic (exact) mass is 349 g/mol. The number of halogens is 3. The van der Waals surface area contributed by atoms with E-state index in [1.54, 1.807) is 0 Å². The minimum Gasteiger partial charge on any atom is -0.314 e. The Labute approximate surface area is 129 Å². The maximum Gasteiger partial charge on any atom is 0.146 e. The second-order valence-electron chi connectivity index (χ2n) is 5.18. The summed E-state index contributed by atoms with van der Waals surface area (Å²) < 4.78 is 14.6. The first-order valence-corrected chi connectivity index (χ1v) is 8.00.